The van der Waals surface area contributed by atoms with Gasteiger partial charge in [0, 0.05) is 18.3 Å². The molecule has 0 aliphatic rings. The van der Waals surface area contributed by atoms with Crippen LogP contribution in [0.15, 0.2) is 41.0 Å². The number of nitrogens with zero attached hydrogens (tertiary/aromatic N) is 1. The van der Waals surface area contributed by atoms with E-state index in [2.05, 4.69) is 20.9 Å². The lowest BCUT2D eigenvalue weighted by atomic mass is 10.2. The number of hydrogen-bond donors (Lipinski definition) is 1. The average Bonchev–Trinajstić information content (AvgIpc) is 2.34. The van der Waals surface area contributed by atoms with Gasteiger partial charge in [-0.25, -0.2) is 9.37 Å². The lowest BCUT2D eigenvalue weighted by Gasteiger charge is -2.09. The summed E-state index contributed by atoms with van der Waals surface area (Å²) in [5.41, 5.74) is 0.688. The van der Waals surface area contributed by atoms with Crippen LogP contribution in [0.25, 0.3) is 0 Å². The largest absolute Gasteiger partial charge is 0.438 e. The normalized spacial score (nSPS) is 12.2. The van der Waals surface area contributed by atoms with E-state index >= 15 is 0 Å². The fourth-order valence-corrected chi connectivity index (χ4v) is 1.74. The van der Waals surface area contributed by atoms with Crippen molar-refractivity contribution in [1.29, 1.82) is 0 Å². The smallest absolute Gasteiger partial charge is 0.219 e. The van der Waals surface area contributed by atoms with Gasteiger partial charge in [0.2, 0.25) is 5.88 Å². The van der Waals surface area contributed by atoms with Crippen LogP contribution < -0.4 is 4.74 Å². The van der Waals surface area contributed by atoms with Gasteiger partial charge in [0.25, 0.3) is 0 Å². The first-order chi connectivity index (χ1) is 8.56. The molecular formula is C13H11BrFNO2. The molecule has 0 bridgehead atoms. The predicted molar refractivity (Wildman–Crippen MR) is 69.0 cm³/mol. The van der Waals surface area contributed by atoms with Crippen LogP contribution in [0.5, 0.6) is 11.6 Å². The number of benzene rings is 1. The van der Waals surface area contributed by atoms with Crippen LogP contribution in [-0.4, -0.2) is 10.1 Å². The second kappa shape index (κ2) is 5.46. The van der Waals surface area contributed by atoms with E-state index in [0.717, 1.165) is 0 Å². The fourth-order valence-electron chi connectivity index (χ4n) is 1.41. The molecule has 0 unspecified atom stereocenters. The number of aliphatic hydroxyl groups is 1. The lowest BCUT2D eigenvalue weighted by molar-refractivity contribution is 0.198. The van der Waals surface area contributed by atoms with Crippen molar-refractivity contribution in [3.63, 3.8) is 0 Å². The molecule has 0 amide bonds. The number of pyridine rings is 1. The second-order valence-electron chi connectivity index (χ2n) is 3.78. The predicted octanol–water partition coefficient (Wildman–Crippen LogP) is 3.83. The Hall–Kier alpha value is -1.46. The molecule has 1 aromatic carbocycles. The molecule has 0 fully saturated rings. The highest BCUT2D eigenvalue weighted by atomic mass is 79.9. The molecular weight excluding hydrogens is 301 g/mol. The van der Waals surface area contributed by atoms with Gasteiger partial charge in [-0.1, -0.05) is 0 Å². The van der Waals surface area contributed by atoms with Crippen molar-refractivity contribution in [2.75, 3.05) is 0 Å². The quantitative estimate of drug-likeness (QED) is 0.936. The molecule has 0 radical (unpaired) electrons. The van der Waals surface area contributed by atoms with E-state index < -0.39 is 6.10 Å². The molecule has 1 N–H and O–H groups in total. The van der Waals surface area contributed by atoms with Gasteiger partial charge in [-0.2, -0.15) is 0 Å². The van der Waals surface area contributed by atoms with Crippen molar-refractivity contribution in [1.82, 2.24) is 4.98 Å². The van der Waals surface area contributed by atoms with E-state index in [-0.39, 0.29) is 5.82 Å². The first-order valence-corrected chi connectivity index (χ1v) is 6.12. The van der Waals surface area contributed by atoms with Crippen LogP contribution in [0.1, 0.15) is 18.6 Å². The van der Waals surface area contributed by atoms with Gasteiger partial charge in [0.05, 0.1) is 10.6 Å². The van der Waals surface area contributed by atoms with Crippen LogP contribution in [-0.2, 0) is 0 Å². The summed E-state index contributed by atoms with van der Waals surface area (Å²) >= 11 is 3.27. The Kier molecular flexibility index (Phi) is 3.93. The van der Waals surface area contributed by atoms with Gasteiger partial charge >= 0.3 is 0 Å². The van der Waals surface area contributed by atoms with Crippen molar-refractivity contribution in [3.8, 4) is 11.6 Å². The summed E-state index contributed by atoms with van der Waals surface area (Å²) in [6.45, 7) is 1.65. The van der Waals surface area contributed by atoms with Crippen molar-refractivity contribution in [3.05, 3.63) is 52.4 Å². The minimum atomic E-state index is -0.605. The molecule has 3 nitrogen and oxygen atoms in total. The zero-order chi connectivity index (χ0) is 13.1. The second-order valence-corrected chi connectivity index (χ2v) is 4.63. The summed E-state index contributed by atoms with van der Waals surface area (Å²) in [5, 5.41) is 9.46. The van der Waals surface area contributed by atoms with Crippen LogP contribution in [0.2, 0.25) is 0 Å². The molecule has 0 spiro atoms. The number of ether oxygens (including phenoxy) is 1. The number of aliphatic hydroxyl groups excluding tert-OH is 1. The summed E-state index contributed by atoms with van der Waals surface area (Å²) in [5.74, 6) is 0.254. The van der Waals surface area contributed by atoms with Crippen LogP contribution in [0.4, 0.5) is 4.39 Å². The van der Waals surface area contributed by atoms with Crippen molar-refractivity contribution >= 4 is 15.9 Å². The molecule has 0 aliphatic heterocycles. The molecule has 94 valence electrons. The summed E-state index contributed by atoms with van der Waals surface area (Å²) in [6.07, 6.45) is 0.927. The average molecular weight is 312 g/mol. The zero-order valence-electron chi connectivity index (χ0n) is 9.60. The summed E-state index contributed by atoms with van der Waals surface area (Å²) in [7, 11) is 0. The highest BCUT2D eigenvalue weighted by Crippen LogP contribution is 2.30. The molecule has 2 rings (SSSR count). The maximum Gasteiger partial charge on any atom is 0.219 e. The van der Waals surface area contributed by atoms with Crippen molar-refractivity contribution in [2.24, 2.45) is 0 Å². The minimum absolute atomic E-state index is 0.305. The van der Waals surface area contributed by atoms with E-state index in [4.69, 9.17) is 4.74 Å². The number of halogens is 2. The molecule has 0 saturated heterocycles. The maximum atomic E-state index is 13.1. The Morgan fingerprint density at radius 2 is 2.11 bits per heavy atom. The van der Waals surface area contributed by atoms with Crippen LogP contribution in [0, 0.1) is 5.82 Å². The fraction of sp³-hybridized carbons (Fsp3) is 0.154. The Morgan fingerprint density at radius 1 is 1.33 bits per heavy atom. The molecule has 1 atom stereocenters. The summed E-state index contributed by atoms with van der Waals surface area (Å²) in [6, 6.07) is 7.46. The summed E-state index contributed by atoms with van der Waals surface area (Å²) < 4.78 is 19.2. The van der Waals surface area contributed by atoms with Gasteiger partial charge in [0.15, 0.2) is 0 Å². The highest BCUT2D eigenvalue weighted by Gasteiger charge is 2.07. The van der Waals surface area contributed by atoms with E-state index in [1.165, 1.54) is 18.3 Å². The summed E-state index contributed by atoms with van der Waals surface area (Å²) in [4.78, 5) is 4.01. The zero-order valence-corrected chi connectivity index (χ0v) is 11.2. The molecule has 0 aliphatic carbocycles. The van der Waals surface area contributed by atoms with E-state index in [1.54, 1.807) is 25.1 Å². The Labute approximate surface area is 112 Å². The maximum absolute atomic E-state index is 13.1. The minimum Gasteiger partial charge on any atom is -0.438 e. The monoisotopic (exact) mass is 311 g/mol. The van der Waals surface area contributed by atoms with Crippen LogP contribution in [0.3, 0.4) is 0 Å². The van der Waals surface area contributed by atoms with Gasteiger partial charge in [0.1, 0.15) is 11.6 Å². The van der Waals surface area contributed by atoms with E-state index in [0.29, 0.717) is 21.7 Å². The lowest BCUT2D eigenvalue weighted by Crippen LogP contribution is -1.94. The standard InChI is InChI=1S/C13H11BrFNO2/c1-8(17)9-4-5-16-13(6-9)18-12-7-10(15)2-3-11(12)14/h2-8,17H,1H3/t8-/m1/s1. The third-order valence-electron chi connectivity index (χ3n) is 2.35. The molecule has 2 aromatic rings. The number of hydrogen-bond acceptors (Lipinski definition) is 3. The molecule has 1 heterocycles. The van der Waals surface area contributed by atoms with E-state index in [1.807, 2.05) is 0 Å². The number of rotatable bonds is 3. The van der Waals surface area contributed by atoms with Gasteiger partial charge in [-0.15, -0.1) is 0 Å². The number of aromatic nitrogens is 1. The Balaban J connectivity index is 2.28. The van der Waals surface area contributed by atoms with Crippen molar-refractivity contribution in [2.45, 2.75) is 13.0 Å². The molecule has 18 heavy (non-hydrogen) atoms. The molecule has 5 heteroatoms. The third kappa shape index (κ3) is 3.05. The van der Waals surface area contributed by atoms with Crippen molar-refractivity contribution < 1.29 is 14.2 Å². The molecule has 0 saturated carbocycles. The highest BCUT2D eigenvalue weighted by molar-refractivity contribution is 9.10. The topological polar surface area (TPSA) is 42.4 Å². The van der Waals surface area contributed by atoms with Crippen LogP contribution >= 0.6 is 15.9 Å². The first kappa shape index (κ1) is 13.0. The first-order valence-electron chi connectivity index (χ1n) is 5.33. The third-order valence-corrected chi connectivity index (χ3v) is 3.00. The SMILES string of the molecule is C[C@@H](O)c1ccnc(Oc2cc(F)ccc2Br)c1. The Morgan fingerprint density at radius 3 is 2.83 bits per heavy atom. The van der Waals surface area contributed by atoms with Gasteiger partial charge < -0.3 is 9.84 Å². The Bertz CT molecular complexity index is 560. The van der Waals surface area contributed by atoms with E-state index in [9.17, 15) is 9.50 Å². The molecule has 1 aromatic heterocycles. The van der Waals surface area contributed by atoms with Gasteiger partial charge in [-0.3, -0.25) is 0 Å². The van der Waals surface area contributed by atoms with Gasteiger partial charge in [-0.05, 0) is 46.6 Å².